The summed E-state index contributed by atoms with van der Waals surface area (Å²) in [4.78, 5) is 4.27. The highest BCUT2D eigenvalue weighted by atomic mass is 35.5. The molecule has 0 saturated heterocycles. The molecule has 0 aromatic heterocycles. The number of nitrogens with two attached hydrogens (primary N) is 1. The normalized spacial score (nSPS) is 11.2. The molecule has 0 unspecified atom stereocenters. The van der Waals surface area contributed by atoms with Crippen molar-refractivity contribution in [1.29, 1.82) is 0 Å². The Hall–Kier alpha value is -2.20. The van der Waals surface area contributed by atoms with Crippen LogP contribution in [0.5, 0.6) is 5.75 Å². The van der Waals surface area contributed by atoms with Crippen LogP contribution in [0.4, 0.5) is 5.69 Å². The van der Waals surface area contributed by atoms with Crippen LogP contribution >= 0.6 is 11.6 Å². The molecule has 0 aliphatic heterocycles. The fourth-order valence-corrected chi connectivity index (χ4v) is 1.89. The molecule has 0 amide bonds. The quantitative estimate of drug-likeness (QED) is 0.671. The number of nitrogens with zero attached hydrogens (tertiary/aromatic N) is 1. The zero-order valence-corrected chi connectivity index (χ0v) is 11.9. The van der Waals surface area contributed by atoms with Gasteiger partial charge >= 0.3 is 0 Å². The Morgan fingerprint density at radius 2 is 2.00 bits per heavy atom. The molecule has 0 atom stereocenters. The Balaban J connectivity index is 1.96. The van der Waals surface area contributed by atoms with Gasteiger partial charge in [-0.1, -0.05) is 23.7 Å². The van der Waals surface area contributed by atoms with Crippen LogP contribution in [-0.2, 0) is 6.54 Å². The van der Waals surface area contributed by atoms with Crippen LogP contribution in [0.15, 0.2) is 53.5 Å². The highest BCUT2D eigenvalue weighted by Gasteiger charge is 1.97. The number of ether oxygens (including phenoxy) is 1. The van der Waals surface area contributed by atoms with Crippen LogP contribution in [0.1, 0.15) is 5.56 Å². The first-order valence-corrected chi connectivity index (χ1v) is 6.50. The van der Waals surface area contributed by atoms with E-state index in [9.17, 15) is 0 Å². The molecule has 2 rings (SSSR count). The molecule has 0 bridgehead atoms. The zero-order valence-electron chi connectivity index (χ0n) is 11.1. The van der Waals surface area contributed by atoms with Crippen molar-refractivity contribution in [3.63, 3.8) is 0 Å². The van der Waals surface area contributed by atoms with E-state index >= 15 is 0 Å². The number of hydrogen-bond donors (Lipinski definition) is 2. The van der Waals surface area contributed by atoms with Gasteiger partial charge in [-0.3, -0.25) is 0 Å². The minimum Gasteiger partial charge on any atom is -0.497 e. The summed E-state index contributed by atoms with van der Waals surface area (Å²) < 4.78 is 5.09. The predicted octanol–water partition coefficient (Wildman–Crippen LogP) is 3.28. The van der Waals surface area contributed by atoms with E-state index < -0.39 is 0 Å². The molecule has 0 spiro atoms. The third-order valence-electron chi connectivity index (χ3n) is 2.68. The first-order valence-electron chi connectivity index (χ1n) is 6.13. The molecule has 5 heteroatoms. The minimum atomic E-state index is 0.357. The van der Waals surface area contributed by atoms with E-state index in [0.29, 0.717) is 17.5 Å². The van der Waals surface area contributed by atoms with Gasteiger partial charge < -0.3 is 15.8 Å². The van der Waals surface area contributed by atoms with E-state index in [1.807, 2.05) is 48.5 Å². The summed E-state index contributed by atoms with van der Waals surface area (Å²) in [7, 11) is 1.63. The molecule has 4 nitrogen and oxygen atoms in total. The van der Waals surface area contributed by atoms with Gasteiger partial charge in [0, 0.05) is 10.7 Å². The molecule has 2 aromatic rings. The lowest BCUT2D eigenvalue weighted by Crippen LogP contribution is -2.22. The summed E-state index contributed by atoms with van der Waals surface area (Å²) in [5, 5.41) is 3.71. The number of anilines is 1. The number of halogens is 1. The summed E-state index contributed by atoms with van der Waals surface area (Å²) in [6.45, 7) is 0.482. The average molecular weight is 290 g/mol. The standard InChI is InChI=1S/C15H16ClN3O/c1-20-14-7-5-13(6-8-14)19-15(17)18-10-11-3-2-4-12(16)9-11/h2-9H,10H2,1H3,(H3,17,18,19). The predicted molar refractivity (Wildman–Crippen MR) is 83.4 cm³/mol. The fraction of sp³-hybridized carbons (Fsp3) is 0.133. The van der Waals surface area contributed by atoms with E-state index in [0.717, 1.165) is 17.0 Å². The number of methoxy groups -OCH3 is 1. The highest BCUT2D eigenvalue weighted by Crippen LogP contribution is 2.15. The Morgan fingerprint density at radius 1 is 1.25 bits per heavy atom. The minimum absolute atomic E-state index is 0.357. The lowest BCUT2D eigenvalue weighted by Gasteiger charge is -2.06. The largest absolute Gasteiger partial charge is 0.497 e. The van der Waals surface area contributed by atoms with E-state index in [1.54, 1.807) is 7.11 Å². The van der Waals surface area contributed by atoms with Crippen LogP contribution in [0.3, 0.4) is 0 Å². The van der Waals surface area contributed by atoms with Crippen LogP contribution in [-0.4, -0.2) is 13.1 Å². The van der Waals surface area contributed by atoms with Gasteiger partial charge in [0.25, 0.3) is 0 Å². The number of nitrogens with one attached hydrogen (secondary N) is 1. The van der Waals surface area contributed by atoms with Gasteiger partial charge in [0.15, 0.2) is 5.96 Å². The number of rotatable bonds is 4. The molecular formula is C15H16ClN3O. The Morgan fingerprint density at radius 3 is 2.65 bits per heavy atom. The van der Waals surface area contributed by atoms with Crippen LogP contribution in [0.2, 0.25) is 5.02 Å². The summed E-state index contributed by atoms with van der Waals surface area (Å²) in [6, 6.07) is 15.0. The molecule has 0 aliphatic carbocycles. The van der Waals surface area contributed by atoms with Gasteiger partial charge in [-0.25, -0.2) is 4.99 Å². The molecule has 20 heavy (non-hydrogen) atoms. The van der Waals surface area contributed by atoms with Crippen molar-refractivity contribution in [3.05, 3.63) is 59.1 Å². The van der Waals surface area contributed by atoms with Crippen LogP contribution in [0.25, 0.3) is 0 Å². The number of hydrogen-bond acceptors (Lipinski definition) is 2. The third kappa shape index (κ3) is 4.17. The van der Waals surface area contributed by atoms with Gasteiger partial charge in [0.1, 0.15) is 5.75 Å². The first-order chi connectivity index (χ1) is 9.67. The average Bonchev–Trinajstić information content (AvgIpc) is 2.46. The molecule has 0 radical (unpaired) electrons. The van der Waals surface area contributed by atoms with E-state index in [-0.39, 0.29) is 0 Å². The van der Waals surface area contributed by atoms with E-state index in [4.69, 9.17) is 22.1 Å². The SMILES string of the molecule is COc1ccc(NC(N)=NCc2cccc(Cl)c2)cc1. The van der Waals surface area contributed by atoms with Crippen molar-refractivity contribution >= 4 is 23.2 Å². The Labute approximate surface area is 123 Å². The van der Waals surface area contributed by atoms with E-state index in [2.05, 4.69) is 10.3 Å². The number of guanidine groups is 1. The second-order valence-corrected chi connectivity index (χ2v) is 4.62. The Bertz CT molecular complexity index is 596. The van der Waals surface area contributed by atoms with Crippen molar-refractivity contribution in [1.82, 2.24) is 0 Å². The van der Waals surface area contributed by atoms with Gasteiger partial charge in [0.05, 0.1) is 13.7 Å². The second kappa shape index (κ2) is 6.82. The first kappa shape index (κ1) is 14.2. The molecule has 0 aliphatic rings. The maximum Gasteiger partial charge on any atom is 0.193 e. The maximum atomic E-state index is 5.91. The number of benzene rings is 2. The summed E-state index contributed by atoms with van der Waals surface area (Å²) in [6.07, 6.45) is 0. The van der Waals surface area contributed by atoms with Crippen molar-refractivity contribution in [2.75, 3.05) is 12.4 Å². The molecule has 2 aromatic carbocycles. The summed E-state index contributed by atoms with van der Waals surface area (Å²) >= 11 is 5.91. The third-order valence-corrected chi connectivity index (χ3v) is 2.92. The van der Waals surface area contributed by atoms with Crippen molar-refractivity contribution < 1.29 is 4.74 Å². The fourth-order valence-electron chi connectivity index (χ4n) is 1.67. The van der Waals surface area contributed by atoms with Gasteiger partial charge in [0.2, 0.25) is 0 Å². The summed E-state index contributed by atoms with van der Waals surface area (Å²) in [5.41, 5.74) is 7.71. The molecule has 104 valence electrons. The van der Waals surface area contributed by atoms with Crippen molar-refractivity contribution in [2.24, 2.45) is 10.7 Å². The molecular weight excluding hydrogens is 274 g/mol. The van der Waals surface area contributed by atoms with Gasteiger partial charge in [-0.2, -0.15) is 0 Å². The lowest BCUT2D eigenvalue weighted by atomic mass is 10.2. The highest BCUT2D eigenvalue weighted by molar-refractivity contribution is 6.30. The smallest absolute Gasteiger partial charge is 0.193 e. The molecule has 0 heterocycles. The van der Waals surface area contributed by atoms with Crippen molar-refractivity contribution in [2.45, 2.75) is 6.54 Å². The maximum absolute atomic E-state index is 5.91. The molecule has 3 N–H and O–H groups in total. The topological polar surface area (TPSA) is 59.6 Å². The molecule has 0 fully saturated rings. The van der Waals surface area contributed by atoms with Crippen LogP contribution in [0, 0.1) is 0 Å². The zero-order chi connectivity index (χ0) is 14.4. The number of aliphatic imine (C=N–C) groups is 1. The monoisotopic (exact) mass is 289 g/mol. The lowest BCUT2D eigenvalue weighted by molar-refractivity contribution is 0.415. The van der Waals surface area contributed by atoms with E-state index in [1.165, 1.54) is 0 Å². The molecule has 0 saturated carbocycles. The summed E-state index contributed by atoms with van der Waals surface area (Å²) in [5.74, 6) is 1.15. The Kier molecular flexibility index (Phi) is 4.85. The van der Waals surface area contributed by atoms with Gasteiger partial charge in [-0.05, 0) is 42.0 Å². The van der Waals surface area contributed by atoms with Crippen molar-refractivity contribution in [3.8, 4) is 5.75 Å². The second-order valence-electron chi connectivity index (χ2n) is 4.18. The van der Waals surface area contributed by atoms with Gasteiger partial charge in [-0.15, -0.1) is 0 Å². The van der Waals surface area contributed by atoms with Crippen LogP contribution < -0.4 is 15.8 Å².